The Balaban J connectivity index is 1.62. The summed E-state index contributed by atoms with van der Waals surface area (Å²) in [6.07, 6.45) is 1.61. The molecule has 3 aromatic rings. The highest BCUT2D eigenvalue weighted by molar-refractivity contribution is 7.99. The van der Waals surface area contributed by atoms with Gasteiger partial charge in [-0.3, -0.25) is 19.8 Å². The van der Waals surface area contributed by atoms with Crippen LogP contribution in [0.1, 0.15) is 16.7 Å². The van der Waals surface area contributed by atoms with Gasteiger partial charge in [-0.1, -0.05) is 54.2 Å². The molecule has 2 amide bonds. The summed E-state index contributed by atoms with van der Waals surface area (Å²) in [5.74, 6) is -0.913. The second-order valence-electron chi connectivity index (χ2n) is 7.16. The first-order chi connectivity index (χ1) is 14.9. The van der Waals surface area contributed by atoms with Crippen molar-refractivity contribution in [1.82, 2.24) is 5.32 Å². The summed E-state index contributed by atoms with van der Waals surface area (Å²) in [5, 5.41) is 2.74. The maximum absolute atomic E-state index is 13.2. The van der Waals surface area contributed by atoms with E-state index in [1.54, 1.807) is 17.8 Å². The third kappa shape index (κ3) is 4.45. The van der Waals surface area contributed by atoms with Crippen molar-refractivity contribution >= 4 is 52.7 Å². The number of amides is 2. The molecule has 4 nitrogen and oxygen atoms in total. The fourth-order valence-corrected chi connectivity index (χ4v) is 4.39. The number of carbonyl (C=O) groups excluding carboxylic acids is 2. The fourth-order valence-electron chi connectivity index (χ4n) is 3.28. The molecule has 1 heterocycles. The second-order valence-corrected chi connectivity index (χ2v) is 8.69. The molecule has 0 atom stereocenters. The van der Waals surface area contributed by atoms with Crippen molar-refractivity contribution in [1.29, 1.82) is 0 Å². The van der Waals surface area contributed by atoms with Gasteiger partial charge in [-0.05, 0) is 79.2 Å². The van der Waals surface area contributed by atoms with Gasteiger partial charge < -0.3 is 0 Å². The predicted molar refractivity (Wildman–Crippen MR) is 129 cm³/mol. The molecule has 154 valence electrons. The summed E-state index contributed by atoms with van der Waals surface area (Å²) in [7, 11) is 0. The van der Waals surface area contributed by atoms with Gasteiger partial charge in [0, 0.05) is 9.79 Å². The van der Waals surface area contributed by atoms with Crippen LogP contribution in [-0.2, 0) is 9.59 Å². The zero-order valence-corrected chi connectivity index (χ0v) is 18.7. The summed E-state index contributed by atoms with van der Waals surface area (Å²) in [6.45, 7) is 3.91. The van der Waals surface area contributed by atoms with Crippen molar-refractivity contribution < 1.29 is 9.59 Å². The average Bonchev–Trinajstić information content (AvgIpc) is 2.76. The first-order valence-corrected chi connectivity index (χ1v) is 11.0. The van der Waals surface area contributed by atoms with Crippen molar-refractivity contribution in [2.45, 2.75) is 23.6 Å². The summed E-state index contributed by atoms with van der Waals surface area (Å²) >= 11 is 6.96. The maximum atomic E-state index is 13.2. The van der Waals surface area contributed by atoms with Crippen molar-refractivity contribution in [2.75, 3.05) is 4.90 Å². The van der Waals surface area contributed by atoms with Gasteiger partial charge in [-0.25, -0.2) is 0 Å². The Bertz CT molecular complexity index is 1200. The SMILES string of the molecule is Cc1cccc(N2C(=O)/C(=C/c3ccc(Sc4ccccc4)cc3)C(=O)NC2=S)c1C. The topological polar surface area (TPSA) is 49.4 Å². The summed E-state index contributed by atoms with van der Waals surface area (Å²) in [5.41, 5.74) is 3.48. The molecule has 1 N–H and O–H groups in total. The van der Waals surface area contributed by atoms with E-state index in [-0.39, 0.29) is 10.7 Å². The molecule has 0 aromatic heterocycles. The summed E-state index contributed by atoms with van der Waals surface area (Å²) < 4.78 is 0. The highest BCUT2D eigenvalue weighted by atomic mass is 32.2. The lowest BCUT2D eigenvalue weighted by atomic mass is 10.0. The Morgan fingerprint density at radius 2 is 1.55 bits per heavy atom. The Kier molecular flexibility index (Phi) is 6.02. The molecule has 1 aliphatic rings. The van der Waals surface area contributed by atoms with Gasteiger partial charge in [0.1, 0.15) is 5.57 Å². The number of aryl methyl sites for hydroxylation is 1. The Labute approximate surface area is 191 Å². The van der Waals surface area contributed by atoms with Crippen LogP contribution in [0.25, 0.3) is 6.08 Å². The number of nitrogens with one attached hydrogen (secondary N) is 1. The number of rotatable bonds is 4. The lowest BCUT2D eigenvalue weighted by Crippen LogP contribution is -2.54. The van der Waals surface area contributed by atoms with E-state index in [2.05, 4.69) is 17.4 Å². The van der Waals surface area contributed by atoms with Crippen LogP contribution in [0.2, 0.25) is 0 Å². The summed E-state index contributed by atoms with van der Waals surface area (Å²) in [6, 6.07) is 23.5. The number of carbonyl (C=O) groups is 2. The van der Waals surface area contributed by atoms with E-state index in [1.165, 1.54) is 4.90 Å². The quantitative estimate of drug-likeness (QED) is 0.338. The third-order valence-electron chi connectivity index (χ3n) is 5.09. The van der Waals surface area contributed by atoms with Gasteiger partial charge in [-0.15, -0.1) is 0 Å². The molecule has 4 rings (SSSR count). The Morgan fingerprint density at radius 1 is 0.871 bits per heavy atom. The van der Waals surface area contributed by atoms with Gasteiger partial charge in [0.25, 0.3) is 11.8 Å². The molecule has 1 saturated heterocycles. The smallest absolute Gasteiger partial charge is 0.270 e. The minimum absolute atomic E-state index is 0.0537. The number of nitrogens with zero attached hydrogens (tertiary/aromatic N) is 1. The van der Waals surface area contributed by atoms with Crippen molar-refractivity contribution in [3.63, 3.8) is 0 Å². The van der Waals surface area contributed by atoms with Crippen LogP contribution in [0.3, 0.4) is 0 Å². The van der Waals surface area contributed by atoms with E-state index in [0.717, 1.165) is 26.5 Å². The summed E-state index contributed by atoms with van der Waals surface area (Å²) in [4.78, 5) is 29.4. The molecule has 1 aliphatic heterocycles. The molecule has 0 saturated carbocycles. The van der Waals surface area contributed by atoms with E-state index in [0.29, 0.717) is 5.69 Å². The molecular weight excluding hydrogens is 424 g/mol. The number of hydrogen-bond donors (Lipinski definition) is 1. The lowest BCUT2D eigenvalue weighted by molar-refractivity contribution is -0.122. The number of thiocarbonyl (C=S) groups is 1. The number of hydrogen-bond acceptors (Lipinski definition) is 4. The van der Waals surface area contributed by atoms with Crippen LogP contribution >= 0.6 is 24.0 Å². The van der Waals surface area contributed by atoms with Crippen LogP contribution in [0.5, 0.6) is 0 Å². The van der Waals surface area contributed by atoms with Crippen LogP contribution in [0.4, 0.5) is 5.69 Å². The molecule has 0 radical (unpaired) electrons. The van der Waals surface area contributed by atoms with Crippen LogP contribution in [0.15, 0.2) is 88.2 Å². The van der Waals surface area contributed by atoms with E-state index < -0.39 is 11.8 Å². The Morgan fingerprint density at radius 3 is 2.26 bits per heavy atom. The molecule has 0 spiro atoms. The molecule has 1 fully saturated rings. The normalized spacial score (nSPS) is 15.4. The molecule has 0 aliphatic carbocycles. The van der Waals surface area contributed by atoms with Gasteiger partial charge in [0.05, 0.1) is 5.69 Å². The molecule has 6 heteroatoms. The van der Waals surface area contributed by atoms with E-state index in [4.69, 9.17) is 12.2 Å². The lowest BCUT2D eigenvalue weighted by Gasteiger charge is -2.30. The highest BCUT2D eigenvalue weighted by Gasteiger charge is 2.35. The Hall–Kier alpha value is -3.22. The number of anilines is 1. The van der Waals surface area contributed by atoms with E-state index in [9.17, 15) is 9.59 Å². The molecule has 3 aromatic carbocycles. The van der Waals surface area contributed by atoms with Gasteiger partial charge in [-0.2, -0.15) is 0 Å². The minimum atomic E-state index is -0.487. The zero-order chi connectivity index (χ0) is 22.0. The van der Waals surface area contributed by atoms with Crippen molar-refractivity contribution in [3.05, 3.63) is 95.1 Å². The van der Waals surface area contributed by atoms with Gasteiger partial charge >= 0.3 is 0 Å². The first kappa shape index (κ1) is 21.0. The van der Waals surface area contributed by atoms with E-state index >= 15 is 0 Å². The molecular formula is C25H20N2O2S2. The third-order valence-corrected chi connectivity index (χ3v) is 6.39. The van der Waals surface area contributed by atoms with Crippen LogP contribution in [0, 0.1) is 13.8 Å². The molecule has 0 bridgehead atoms. The molecule has 31 heavy (non-hydrogen) atoms. The van der Waals surface area contributed by atoms with Crippen molar-refractivity contribution in [3.8, 4) is 0 Å². The largest absolute Gasteiger partial charge is 0.298 e. The van der Waals surface area contributed by atoms with Gasteiger partial charge in [0.2, 0.25) is 0 Å². The highest BCUT2D eigenvalue weighted by Crippen LogP contribution is 2.29. The van der Waals surface area contributed by atoms with E-state index in [1.807, 2.05) is 74.5 Å². The number of benzene rings is 3. The zero-order valence-electron chi connectivity index (χ0n) is 17.1. The first-order valence-electron chi connectivity index (χ1n) is 9.74. The monoisotopic (exact) mass is 444 g/mol. The second kappa shape index (κ2) is 8.88. The predicted octanol–water partition coefficient (Wildman–Crippen LogP) is 5.29. The average molecular weight is 445 g/mol. The van der Waals surface area contributed by atoms with Crippen LogP contribution < -0.4 is 10.2 Å². The minimum Gasteiger partial charge on any atom is -0.298 e. The van der Waals surface area contributed by atoms with Crippen LogP contribution in [-0.4, -0.2) is 16.9 Å². The van der Waals surface area contributed by atoms with Crippen molar-refractivity contribution in [2.24, 2.45) is 0 Å². The molecule has 0 unspecified atom stereocenters. The standard InChI is InChI=1S/C25H20N2O2S2/c1-16-7-6-10-22(17(16)2)27-24(29)21(23(28)26-25(27)30)15-18-11-13-20(14-12-18)31-19-8-4-3-5-9-19/h3-15H,1-2H3,(H,26,28,30)/b21-15+. The fraction of sp³-hybridized carbons (Fsp3) is 0.0800. The maximum Gasteiger partial charge on any atom is 0.270 e. The van der Waals surface area contributed by atoms with Gasteiger partial charge in [0.15, 0.2) is 5.11 Å².